The Morgan fingerprint density at radius 3 is 2.06 bits per heavy atom. The topological polar surface area (TPSA) is 68.0 Å². The third-order valence-corrected chi connectivity index (χ3v) is 1.81. The zero-order chi connectivity index (χ0) is 14.1. The van der Waals surface area contributed by atoms with Crippen LogP contribution in [-0.4, -0.2) is 10.9 Å². The summed E-state index contributed by atoms with van der Waals surface area (Å²) in [5, 5.41) is 0. The molecule has 18 heavy (non-hydrogen) atoms. The first-order chi connectivity index (χ1) is 8.05. The Kier molecular flexibility index (Phi) is 3.51. The number of hydrogen-bond acceptors (Lipinski definition) is 3. The normalized spacial score (nSPS) is 12.4. The van der Waals surface area contributed by atoms with Gasteiger partial charge in [-0.15, -0.1) is 0 Å². The van der Waals surface area contributed by atoms with E-state index in [0.717, 1.165) is 0 Å². The molecule has 1 heterocycles. The summed E-state index contributed by atoms with van der Waals surface area (Å²) < 4.78 is 74.0. The van der Waals surface area contributed by atoms with Crippen LogP contribution in [0.2, 0.25) is 0 Å². The first-order valence-electron chi connectivity index (χ1n) is 4.23. The molecule has 1 rings (SSSR count). The minimum absolute atomic E-state index is 0.178. The highest BCUT2D eigenvalue weighted by atomic mass is 19.4. The van der Waals surface area contributed by atoms with Crippen LogP contribution in [0.3, 0.4) is 0 Å². The van der Waals surface area contributed by atoms with Crippen molar-refractivity contribution in [1.29, 1.82) is 0 Å². The highest BCUT2D eigenvalue weighted by Gasteiger charge is 2.38. The van der Waals surface area contributed by atoms with Crippen molar-refractivity contribution in [1.82, 2.24) is 10.4 Å². The van der Waals surface area contributed by atoms with Crippen LogP contribution in [0.4, 0.5) is 26.3 Å². The fourth-order valence-electron chi connectivity index (χ4n) is 1.03. The van der Waals surface area contributed by atoms with Crippen LogP contribution in [0, 0.1) is 0 Å². The summed E-state index contributed by atoms with van der Waals surface area (Å²) in [4.78, 5) is 13.7. The van der Waals surface area contributed by atoms with E-state index in [4.69, 9.17) is 0 Å². The summed E-state index contributed by atoms with van der Waals surface area (Å²) in [6.07, 6.45) is -10.1. The third-order valence-electron chi connectivity index (χ3n) is 1.81. The van der Waals surface area contributed by atoms with E-state index < -0.39 is 35.2 Å². The molecule has 0 aliphatic rings. The summed E-state index contributed by atoms with van der Waals surface area (Å²) >= 11 is 0. The lowest BCUT2D eigenvalue weighted by Crippen LogP contribution is -2.31. The summed E-state index contributed by atoms with van der Waals surface area (Å²) in [5.74, 6) is 3.27. The van der Waals surface area contributed by atoms with Gasteiger partial charge in [0.2, 0.25) is 0 Å². The predicted octanol–water partition coefficient (Wildman–Crippen LogP) is 1.72. The Hall–Kier alpha value is -1.84. The second kappa shape index (κ2) is 4.44. The van der Waals surface area contributed by atoms with Gasteiger partial charge in [-0.3, -0.25) is 10.2 Å². The Morgan fingerprint density at radius 2 is 1.67 bits per heavy atom. The zero-order valence-corrected chi connectivity index (χ0v) is 8.36. The number of carbonyl (C=O) groups is 1. The Balaban J connectivity index is 3.44. The number of nitrogens with one attached hydrogen (secondary N) is 1. The molecule has 0 aliphatic carbocycles. The van der Waals surface area contributed by atoms with E-state index in [0.29, 0.717) is 0 Å². The molecule has 1 aromatic heterocycles. The van der Waals surface area contributed by atoms with Crippen LogP contribution in [0.5, 0.6) is 0 Å². The number of hydrogen-bond donors (Lipinski definition) is 2. The van der Waals surface area contributed by atoms with E-state index in [1.54, 1.807) is 0 Å². The Morgan fingerprint density at radius 1 is 1.11 bits per heavy atom. The van der Waals surface area contributed by atoms with Crippen molar-refractivity contribution in [3.05, 3.63) is 29.1 Å². The average molecular weight is 273 g/mol. The van der Waals surface area contributed by atoms with Gasteiger partial charge in [-0.05, 0) is 12.1 Å². The number of hydrazine groups is 1. The number of nitrogens with two attached hydrogens (primary N) is 1. The molecule has 0 aliphatic heterocycles. The maximum absolute atomic E-state index is 12.3. The molecule has 0 saturated carbocycles. The number of pyridine rings is 1. The van der Waals surface area contributed by atoms with Gasteiger partial charge in [0, 0.05) is 0 Å². The number of rotatable bonds is 1. The maximum atomic E-state index is 12.3. The van der Waals surface area contributed by atoms with E-state index in [-0.39, 0.29) is 12.1 Å². The molecule has 0 radical (unpaired) electrons. The second-order valence-corrected chi connectivity index (χ2v) is 3.10. The van der Waals surface area contributed by atoms with Gasteiger partial charge in [0.25, 0.3) is 5.91 Å². The van der Waals surface area contributed by atoms with E-state index >= 15 is 0 Å². The van der Waals surface area contributed by atoms with Gasteiger partial charge in [-0.1, -0.05) is 0 Å². The lowest BCUT2D eigenvalue weighted by molar-refractivity contribution is -0.145. The van der Waals surface area contributed by atoms with Crippen LogP contribution >= 0.6 is 0 Å². The molecule has 10 heteroatoms. The van der Waals surface area contributed by atoms with Gasteiger partial charge in [-0.2, -0.15) is 26.3 Å². The van der Waals surface area contributed by atoms with E-state index in [1.165, 1.54) is 5.43 Å². The van der Waals surface area contributed by atoms with E-state index in [1.807, 2.05) is 0 Å². The van der Waals surface area contributed by atoms with Crippen molar-refractivity contribution in [2.45, 2.75) is 12.4 Å². The molecule has 0 spiro atoms. The lowest BCUT2D eigenvalue weighted by Gasteiger charge is -2.12. The number of nitrogens with zero attached hydrogens (tertiary/aromatic N) is 1. The maximum Gasteiger partial charge on any atom is 0.433 e. The largest absolute Gasteiger partial charge is 0.433 e. The average Bonchev–Trinajstić information content (AvgIpc) is 2.25. The molecule has 1 aromatic rings. The summed E-state index contributed by atoms with van der Waals surface area (Å²) in [6, 6.07) is -0.00920. The standard InChI is InChI=1S/C8H5F6N3O/c9-7(10,11)3-1-4(6(18)17-15)16-5(2-3)8(12,13)14/h1-2H,15H2,(H,17,18). The van der Waals surface area contributed by atoms with E-state index in [9.17, 15) is 31.1 Å². The number of nitrogen functional groups attached to an aromatic ring is 1. The lowest BCUT2D eigenvalue weighted by atomic mass is 10.1. The predicted molar refractivity (Wildman–Crippen MR) is 45.9 cm³/mol. The molecule has 0 saturated heterocycles. The summed E-state index contributed by atoms with van der Waals surface area (Å²) in [5.41, 5.74) is -3.13. The van der Waals surface area contributed by atoms with Crippen LogP contribution in [0.25, 0.3) is 0 Å². The molecule has 0 fully saturated rings. The summed E-state index contributed by atoms with van der Waals surface area (Å²) in [6.45, 7) is 0. The number of halogens is 6. The number of carbonyl (C=O) groups excluding carboxylic acids is 1. The smallest absolute Gasteiger partial charge is 0.289 e. The molecule has 0 atom stereocenters. The number of amides is 1. The van der Waals surface area contributed by atoms with Gasteiger partial charge in [0.15, 0.2) is 0 Å². The van der Waals surface area contributed by atoms with Crippen molar-refractivity contribution in [2.24, 2.45) is 5.84 Å². The molecule has 0 bridgehead atoms. The van der Waals surface area contributed by atoms with Crippen molar-refractivity contribution in [2.75, 3.05) is 0 Å². The monoisotopic (exact) mass is 273 g/mol. The van der Waals surface area contributed by atoms with Crippen molar-refractivity contribution >= 4 is 5.91 Å². The van der Waals surface area contributed by atoms with Gasteiger partial charge < -0.3 is 0 Å². The first-order valence-corrected chi connectivity index (χ1v) is 4.23. The van der Waals surface area contributed by atoms with Crippen LogP contribution in [0.1, 0.15) is 21.7 Å². The Bertz CT molecular complexity index is 435. The summed E-state index contributed by atoms with van der Waals surface area (Å²) in [7, 11) is 0. The fourth-order valence-corrected chi connectivity index (χ4v) is 1.03. The van der Waals surface area contributed by atoms with Crippen LogP contribution in [0.15, 0.2) is 12.1 Å². The molecule has 4 nitrogen and oxygen atoms in total. The second-order valence-electron chi connectivity index (χ2n) is 3.10. The number of alkyl halides is 6. The Labute approximate surface area is 95.8 Å². The first kappa shape index (κ1) is 14.2. The number of aromatic nitrogens is 1. The minimum Gasteiger partial charge on any atom is -0.289 e. The molecular formula is C8H5F6N3O. The fraction of sp³-hybridized carbons (Fsp3) is 0.250. The van der Waals surface area contributed by atoms with Gasteiger partial charge in [0.05, 0.1) is 5.56 Å². The molecule has 0 aromatic carbocycles. The highest BCUT2D eigenvalue weighted by Crippen LogP contribution is 2.34. The van der Waals surface area contributed by atoms with Gasteiger partial charge >= 0.3 is 12.4 Å². The molecule has 0 unspecified atom stereocenters. The molecular weight excluding hydrogens is 268 g/mol. The molecule has 3 N–H and O–H groups in total. The zero-order valence-electron chi connectivity index (χ0n) is 8.36. The van der Waals surface area contributed by atoms with Crippen molar-refractivity contribution < 1.29 is 31.1 Å². The third kappa shape index (κ3) is 3.09. The minimum atomic E-state index is -5.11. The van der Waals surface area contributed by atoms with Gasteiger partial charge in [0.1, 0.15) is 11.4 Å². The van der Waals surface area contributed by atoms with Crippen molar-refractivity contribution in [3.8, 4) is 0 Å². The van der Waals surface area contributed by atoms with E-state index in [2.05, 4.69) is 10.8 Å². The van der Waals surface area contributed by atoms with Gasteiger partial charge in [-0.25, -0.2) is 10.8 Å². The van der Waals surface area contributed by atoms with Crippen LogP contribution in [-0.2, 0) is 12.4 Å². The van der Waals surface area contributed by atoms with Crippen LogP contribution < -0.4 is 11.3 Å². The molecule has 1 amide bonds. The SMILES string of the molecule is NNC(=O)c1cc(C(F)(F)F)cc(C(F)(F)F)n1. The highest BCUT2D eigenvalue weighted by molar-refractivity contribution is 5.92. The molecule has 100 valence electrons. The van der Waals surface area contributed by atoms with Crippen molar-refractivity contribution in [3.63, 3.8) is 0 Å². The quantitative estimate of drug-likeness (QED) is 0.354.